The van der Waals surface area contributed by atoms with E-state index in [0.29, 0.717) is 20.6 Å². The summed E-state index contributed by atoms with van der Waals surface area (Å²) >= 11 is 13.1. The second kappa shape index (κ2) is 6.40. The molecule has 0 aliphatic carbocycles. The topological polar surface area (TPSA) is 44.2 Å². The fourth-order valence-electron chi connectivity index (χ4n) is 2.24. The lowest BCUT2D eigenvalue weighted by molar-refractivity contribution is -0.113. The average molecular weight is 363 g/mol. The molecule has 0 bridgehead atoms. The number of nitrogens with zero attached hydrogens (tertiary/aromatic N) is 1. The molecule has 0 saturated carbocycles. The summed E-state index contributed by atoms with van der Waals surface area (Å²) in [7, 11) is 0. The van der Waals surface area contributed by atoms with E-state index in [1.165, 1.54) is 4.90 Å². The standard InChI is InChI=1S/C17H12Cl2N2OS/c1-10-4-2-3-5-11(10)8-15-16(22)21(17(20)23-15)12-6-7-13(18)14(19)9-12/h2-9,20H,1H3/b15-8-,20-17?. The molecule has 116 valence electrons. The zero-order valence-electron chi connectivity index (χ0n) is 12.1. The molecular weight excluding hydrogens is 351 g/mol. The predicted molar refractivity (Wildman–Crippen MR) is 98.4 cm³/mol. The van der Waals surface area contributed by atoms with Gasteiger partial charge in [0.25, 0.3) is 5.91 Å². The highest BCUT2D eigenvalue weighted by atomic mass is 35.5. The second-order valence-corrected chi connectivity index (χ2v) is 6.86. The van der Waals surface area contributed by atoms with E-state index in [9.17, 15) is 4.79 Å². The third-order valence-corrected chi connectivity index (χ3v) is 5.09. The van der Waals surface area contributed by atoms with Gasteiger partial charge in [-0.1, -0.05) is 47.5 Å². The first-order valence-corrected chi connectivity index (χ1v) is 8.38. The number of halogens is 2. The van der Waals surface area contributed by atoms with E-state index in [-0.39, 0.29) is 11.1 Å². The summed E-state index contributed by atoms with van der Waals surface area (Å²) in [6.07, 6.45) is 1.81. The Morgan fingerprint density at radius 2 is 1.87 bits per heavy atom. The molecule has 1 fully saturated rings. The number of nitrogens with one attached hydrogen (secondary N) is 1. The molecule has 0 atom stereocenters. The van der Waals surface area contributed by atoms with Gasteiger partial charge in [0.1, 0.15) is 0 Å². The van der Waals surface area contributed by atoms with Gasteiger partial charge in [-0.3, -0.25) is 15.1 Å². The Labute approximate surface area is 148 Å². The van der Waals surface area contributed by atoms with Crippen molar-refractivity contribution in [2.45, 2.75) is 6.92 Å². The monoisotopic (exact) mass is 362 g/mol. The highest BCUT2D eigenvalue weighted by Gasteiger charge is 2.33. The van der Waals surface area contributed by atoms with Gasteiger partial charge < -0.3 is 0 Å². The van der Waals surface area contributed by atoms with Crippen LogP contribution in [0.1, 0.15) is 11.1 Å². The molecule has 0 aromatic heterocycles. The van der Waals surface area contributed by atoms with Gasteiger partial charge in [0.05, 0.1) is 20.6 Å². The Morgan fingerprint density at radius 1 is 1.13 bits per heavy atom. The van der Waals surface area contributed by atoms with Crippen molar-refractivity contribution in [3.63, 3.8) is 0 Å². The molecule has 1 aliphatic heterocycles. The van der Waals surface area contributed by atoms with Gasteiger partial charge in [-0.25, -0.2) is 0 Å². The number of hydrogen-bond donors (Lipinski definition) is 1. The van der Waals surface area contributed by atoms with Crippen LogP contribution in [0.3, 0.4) is 0 Å². The lowest BCUT2D eigenvalue weighted by atomic mass is 10.1. The molecule has 2 aromatic rings. The minimum Gasteiger partial charge on any atom is -0.278 e. The highest BCUT2D eigenvalue weighted by molar-refractivity contribution is 8.19. The first-order valence-electron chi connectivity index (χ1n) is 6.80. The maximum atomic E-state index is 12.6. The van der Waals surface area contributed by atoms with Crippen LogP contribution in [0.4, 0.5) is 5.69 Å². The molecule has 3 rings (SSSR count). The van der Waals surface area contributed by atoms with Crippen molar-refractivity contribution in [2.75, 3.05) is 4.90 Å². The van der Waals surface area contributed by atoms with Crippen LogP contribution in [-0.4, -0.2) is 11.1 Å². The number of amides is 1. The van der Waals surface area contributed by atoms with Gasteiger partial charge >= 0.3 is 0 Å². The van der Waals surface area contributed by atoms with Crippen LogP contribution in [0, 0.1) is 12.3 Å². The molecule has 0 spiro atoms. The third kappa shape index (κ3) is 3.15. The normalized spacial score (nSPS) is 16.5. The maximum absolute atomic E-state index is 12.6. The quantitative estimate of drug-likeness (QED) is 0.731. The SMILES string of the molecule is Cc1ccccc1/C=C1\SC(=N)N(c2ccc(Cl)c(Cl)c2)C1=O. The van der Waals surface area contributed by atoms with Crippen molar-refractivity contribution in [3.05, 3.63) is 68.5 Å². The first kappa shape index (κ1) is 16.1. The van der Waals surface area contributed by atoms with E-state index in [1.54, 1.807) is 18.2 Å². The number of rotatable bonds is 2. The average Bonchev–Trinajstić information content (AvgIpc) is 2.79. The van der Waals surface area contributed by atoms with Gasteiger partial charge in [0, 0.05) is 0 Å². The van der Waals surface area contributed by atoms with Crippen LogP contribution >= 0.6 is 35.0 Å². The van der Waals surface area contributed by atoms with E-state index in [4.69, 9.17) is 28.6 Å². The van der Waals surface area contributed by atoms with Crippen LogP contribution in [-0.2, 0) is 4.79 Å². The number of aryl methyl sites for hydroxylation is 1. The van der Waals surface area contributed by atoms with Crippen LogP contribution in [0.25, 0.3) is 6.08 Å². The van der Waals surface area contributed by atoms with Gasteiger partial charge in [-0.2, -0.15) is 0 Å². The number of carbonyl (C=O) groups is 1. The number of benzene rings is 2. The van der Waals surface area contributed by atoms with Crippen molar-refractivity contribution in [3.8, 4) is 0 Å². The van der Waals surface area contributed by atoms with Crippen LogP contribution in [0.15, 0.2) is 47.4 Å². The summed E-state index contributed by atoms with van der Waals surface area (Å²) < 4.78 is 0. The van der Waals surface area contributed by atoms with E-state index in [1.807, 2.05) is 37.3 Å². The van der Waals surface area contributed by atoms with Crippen molar-refractivity contribution in [1.82, 2.24) is 0 Å². The summed E-state index contributed by atoms with van der Waals surface area (Å²) in [4.78, 5) is 14.5. The zero-order chi connectivity index (χ0) is 16.6. The largest absolute Gasteiger partial charge is 0.278 e. The van der Waals surface area contributed by atoms with Crippen molar-refractivity contribution in [2.24, 2.45) is 0 Å². The Balaban J connectivity index is 1.97. The molecule has 1 aliphatic rings. The molecule has 1 amide bonds. The minimum absolute atomic E-state index is 0.147. The summed E-state index contributed by atoms with van der Waals surface area (Å²) in [6, 6.07) is 12.7. The Morgan fingerprint density at radius 3 is 2.57 bits per heavy atom. The first-order chi connectivity index (χ1) is 11.0. The summed E-state index contributed by atoms with van der Waals surface area (Å²) in [6.45, 7) is 1.98. The summed E-state index contributed by atoms with van der Waals surface area (Å²) in [5.74, 6) is -0.235. The molecule has 2 aromatic carbocycles. The van der Waals surface area contributed by atoms with Crippen molar-refractivity contribution < 1.29 is 4.79 Å². The fourth-order valence-corrected chi connectivity index (χ4v) is 3.38. The summed E-state index contributed by atoms with van der Waals surface area (Å²) in [5.41, 5.74) is 2.58. The predicted octanol–water partition coefficient (Wildman–Crippen LogP) is 5.36. The number of amidine groups is 1. The Hall–Kier alpha value is -1.75. The lowest BCUT2D eigenvalue weighted by Crippen LogP contribution is -2.28. The molecule has 6 heteroatoms. The molecule has 1 heterocycles. The van der Waals surface area contributed by atoms with Crippen molar-refractivity contribution in [1.29, 1.82) is 5.41 Å². The molecular formula is C17H12Cl2N2OS. The zero-order valence-corrected chi connectivity index (χ0v) is 14.5. The smallest absolute Gasteiger partial charge is 0.271 e. The van der Waals surface area contributed by atoms with Crippen molar-refractivity contribution >= 4 is 57.8 Å². The fraction of sp³-hybridized carbons (Fsp3) is 0.0588. The van der Waals surface area contributed by atoms with Crippen LogP contribution in [0.2, 0.25) is 10.0 Å². The molecule has 23 heavy (non-hydrogen) atoms. The lowest BCUT2D eigenvalue weighted by Gasteiger charge is -2.14. The maximum Gasteiger partial charge on any atom is 0.271 e. The number of anilines is 1. The molecule has 3 nitrogen and oxygen atoms in total. The number of carbonyl (C=O) groups excluding carboxylic acids is 1. The van der Waals surface area contributed by atoms with E-state index < -0.39 is 0 Å². The van der Waals surface area contributed by atoms with Gasteiger partial charge in [-0.05, 0) is 54.1 Å². The second-order valence-electron chi connectivity index (χ2n) is 5.01. The molecule has 1 saturated heterocycles. The Bertz CT molecular complexity index is 848. The van der Waals surface area contributed by atoms with E-state index >= 15 is 0 Å². The molecule has 0 radical (unpaired) electrons. The third-order valence-electron chi connectivity index (χ3n) is 3.46. The Kier molecular flexibility index (Phi) is 4.48. The molecule has 0 unspecified atom stereocenters. The van der Waals surface area contributed by atoms with Gasteiger partial charge in [0.2, 0.25) is 0 Å². The van der Waals surface area contributed by atoms with Crippen LogP contribution < -0.4 is 4.90 Å². The van der Waals surface area contributed by atoms with E-state index in [2.05, 4.69) is 0 Å². The van der Waals surface area contributed by atoms with Crippen LogP contribution in [0.5, 0.6) is 0 Å². The summed E-state index contributed by atoms with van der Waals surface area (Å²) in [5, 5.41) is 9.01. The minimum atomic E-state index is -0.235. The highest BCUT2D eigenvalue weighted by Crippen LogP contribution is 2.37. The number of hydrogen-bond acceptors (Lipinski definition) is 3. The van der Waals surface area contributed by atoms with Gasteiger partial charge in [-0.15, -0.1) is 0 Å². The number of thioether (sulfide) groups is 1. The van der Waals surface area contributed by atoms with Gasteiger partial charge in [0.15, 0.2) is 5.17 Å². The van der Waals surface area contributed by atoms with E-state index in [0.717, 1.165) is 22.9 Å². The molecule has 1 N–H and O–H groups in total.